The summed E-state index contributed by atoms with van der Waals surface area (Å²) in [6, 6.07) is 7.43. The van der Waals surface area contributed by atoms with E-state index >= 15 is 0 Å². The Morgan fingerprint density at radius 3 is 2.73 bits per heavy atom. The van der Waals surface area contributed by atoms with Gasteiger partial charge in [-0.05, 0) is 24.6 Å². The summed E-state index contributed by atoms with van der Waals surface area (Å²) < 4.78 is 7.27. The second-order valence-corrected chi connectivity index (χ2v) is 11.5. The quantitative estimate of drug-likeness (QED) is 0.272. The Morgan fingerprint density at radius 2 is 1.95 bits per heavy atom. The molecule has 12 heteroatoms. The number of imidazole rings is 1. The van der Waals surface area contributed by atoms with E-state index in [1.807, 2.05) is 41.3 Å². The fourth-order valence-corrected chi connectivity index (χ4v) is 5.12. The molecule has 5 rings (SSSR count). The lowest BCUT2D eigenvalue weighted by Gasteiger charge is -2.26. The number of morpholine rings is 1. The molecule has 1 aromatic carbocycles. The van der Waals surface area contributed by atoms with Crippen molar-refractivity contribution in [3.63, 3.8) is 0 Å². The van der Waals surface area contributed by atoms with Gasteiger partial charge in [0.15, 0.2) is 5.13 Å². The summed E-state index contributed by atoms with van der Waals surface area (Å²) in [5.41, 5.74) is 3.14. The van der Waals surface area contributed by atoms with Crippen LogP contribution in [0.3, 0.4) is 0 Å². The van der Waals surface area contributed by atoms with Crippen LogP contribution in [0.1, 0.15) is 42.4 Å². The first-order valence-corrected chi connectivity index (χ1v) is 14.2. The summed E-state index contributed by atoms with van der Waals surface area (Å²) in [5.74, 6) is 1.77. The summed E-state index contributed by atoms with van der Waals surface area (Å²) in [7, 11) is 0. The van der Waals surface area contributed by atoms with E-state index in [9.17, 15) is 4.79 Å². The second-order valence-electron chi connectivity index (χ2n) is 10.7. The minimum absolute atomic E-state index is 0.0776. The average molecular weight is 562 g/mol. The maximum Gasteiger partial charge on any atom is 0.257 e. The van der Waals surface area contributed by atoms with E-state index < -0.39 is 0 Å². The largest absolute Gasteiger partial charge is 0.379 e. The molecule has 3 aromatic heterocycles. The van der Waals surface area contributed by atoms with E-state index in [2.05, 4.69) is 61.6 Å². The molecule has 4 heterocycles. The minimum atomic E-state index is -0.218. The van der Waals surface area contributed by atoms with E-state index in [4.69, 9.17) is 4.74 Å². The Kier molecular flexibility index (Phi) is 8.38. The summed E-state index contributed by atoms with van der Waals surface area (Å²) in [4.78, 5) is 33.3. The highest BCUT2D eigenvalue weighted by molar-refractivity contribution is 7.14. The summed E-state index contributed by atoms with van der Waals surface area (Å²) in [6.07, 6.45) is 5.08. The number of nitrogens with one attached hydrogen (secondary N) is 3. The number of hydrogen-bond acceptors (Lipinski definition) is 10. The number of nitrogens with zero attached hydrogens (tertiary/aromatic N) is 6. The molecule has 0 saturated carbocycles. The number of carbonyl (C=O) groups excluding carboxylic acids is 1. The number of thiazole rings is 1. The number of hydrogen-bond donors (Lipinski definition) is 3. The number of aromatic nitrogens is 5. The Morgan fingerprint density at radius 1 is 1.12 bits per heavy atom. The first-order chi connectivity index (χ1) is 19.3. The molecule has 4 aromatic rings. The Balaban J connectivity index is 1.26. The predicted octanol–water partition coefficient (Wildman–Crippen LogP) is 4.46. The van der Waals surface area contributed by atoms with Crippen LogP contribution in [0.15, 0.2) is 48.4 Å². The molecule has 210 valence electrons. The van der Waals surface area contributed by atoms with Gasteiger partial charge in [-0.2, -0.15) is 0 Å². The molecule has 0 radical (unpaired) electrons. The third-order valence-electron chi connectivity index (χ3n) is 6.62. The summed E-state index contributed by atoms with van der Waals surface area (Å²) in [6.45, 7) is 13.4. The number of amides is 1. The van der Waals surface area contributed by atoms with Gasteiger partial charge in [-0.3, -0.25) is 19.6 Å². The van der Waals surface area contributed by atoms with E-state index in [-0.39, 0.29) is 11.3 Å². The lowest BCUT2D eigenvalue weighted by molar-refractivity contribution is 0.0398. The van der Waals surface area contributed by atoms with E-state index in [1.54, 1.807) is 12.3 Å². The van der Waals surface area contributed by atoms with Gasteiger partial charge in [0.05, 0.1) is 18.9 Å². The zero-order valence-corrected chi connectivity index (χ0v) is 24.1. The molecule has 3 N–H and O–H groups in total. The average Bonchev–Trinajstić information content (AvgIpc) is 3.61. The van der Waals surface area contributed by atoms with E-state index in [0.717, 1.165) is 62.2 Å². The molecule has 0 bridgehead atoms. The highest BCUT2D eigenvalue weighted by atomic mass is 32.1. The van der Waals surface area contributed by atoms with Crippen molar-refractivity contribution < 1.29 is 9.53 Å². The molecular formula is C28H35N9O2S. The van der Waals surface area contributed by atoms with Crippen molar-refractivity contribution in [2.75, 3.05) is 55.3 Å². The Labute approximate surface area is 238 Å². The SMILES string of the molecule is Cc1ccc(C(=O)Nc2nc(C(C)(C)C)cs2)cc1Nc1nccn1-c1cc(NCCN2CCOCC2)ncn1. The number of rotatable bonds is 9. The second kappa shape index (κ2) is 12.1. The smallest absolute Gasteiger partial charge is 0.257 e. The van der Waals surface area contributed by atoms with Crippen LogP contribution >= 0.6 is 11.3 Å². The van der Waals surface area contributed by atoms with Gasteiger partial charge in [0.25, 0.3) is 5.91 Å². The maximum atomic E-state index is 13.0. The Hall–Kier alpha value is -3.87. The van der Waals surface area contributed by atoms with Crippen molar-refractivity contribution in [3.05, 3.63) is 65.2 Å². The van der Waals surface area contributed by atoms with Crippen LogP contribution in [0.2, 0.25) is 0 Å². The summed E-state index contributed by atoms with van der Waals surface area (Å²) in [5, 5.41) is 12.2. The molecule has 0 unspecified atom stereocenters. The standard InChI is InChI=1S/C28H35N9O2S/c1-19-5-6-20(25(38)35-27-34-22(17-40-27)28(2,3)4)15-21(19)33-26-30-8-10-37(26)24-16-23(31-18-32-24)29-7-9-36-11-13-39-14-12-36/h5-6,8,10,15-18H,7,9,11-14H2,1-4H3,(H,30,33)(H,29,31,32)(H,34,35,38). The van der Waals surface area contributed by atoms with Crippen LogP contribution in [0.4, 0.5) is 22.6 Å². The van der Waals surface area contributed by atoms with Gasteiger partial charge in [0.2, 0.25) is 5.95 Å². The normalized spacial score (nSPS) is 14.2. The van der Waals surface area contributed by atoms with Crippen molar-refractivity contribution in [2.45, 2.75) is 33.1 Å². The van der Waals surface area contributed by atoms with Gasteiger partial charge in [-0.25, -0.2) is 19.9 Å². The first-order valence-electron chi connectivity index (χ1n) is 13.3. The van der Waals surface area contributed by atoms with Crippen molar-refractivity contribution in [1.29, 1.82) is 0 Å². The third kappa shape index (κ3) is 6.82. The van der Waals surface area contributed by atoms with E-state index in [0.29, 0.717) is 22.5 Å². The van der Waals surface area contributed by atoms with Gasteiger partial charge in [0.1, 0.15) is 18.0 Å². The molecule has 1 aliphatic heterocycles. The van der Waals surface area contributed by atoms with Crippen molar-refractivity contribution in [1.82, 2.24) is 29.4 Å². The number of aryl methyl sites for hydroxylation is 1. The van der Waals surface area contributed by atoms with Crippen molar-refractivity contribution >= 4 is 39.8 Å². The molecule has 11 nitrogen and oxygen atoms in total. The highest BCUT2D eigenvalue weighted by Crippen LogP contribution is 2.27. The highest BCUT2D eigenvalue weighted by Gasteiger charge is 2.19. The van der Waals surface area contributed by atoms with Gasteiger partial charge < -0.3 is 15.4 Å². The van der Waals surface area contributed by atoms with Crippen LogP contribution < -0.4 is 16.0 Å². The van der Waals surface area contributed by atoms with Crippen LogP contribution in [0.5, 0.6) is 0 Å². The van der Waals surface area contributed by atoms with E-state index in [1.165, 1.54) is 17.7 Å². The van der Waals surface area contributed by atoms with Crippen LogP contribution in [-0.4, -0.2) is 74.7 Å². The number of carbonyl (C=O) groups is 1. The monoisotopic (exact) mass is 561 g/mol. The van der Waals surface area contributed by atoms with Crippen LogP contribution in [-0.2, 0) is 10.2 Å². The first kappa shape index (κ1) is 27.7. The van der Waals surface area contributed by atoms with Gasteiger partial charge in [-0.15, -0.1) is 11.3 Å². The third-order valence-corrected chi connectivity index (χ3v) is 7.38. The number of anilines is 4. The topological polar surface area (TPSA) is 122 Å². The maximum absolute atomic E-state index is 13.0. The molecule has 1 fully saturated rings. The van der Waals surface area contributed by atoms with Crippen molar-refractivity contribution in [3.8, 4) is 5.82 Å². The number of ether oxygens (including phenoxy) is 1. The molecule has 1 saturated heterocycles. The molecular weight excluding hydrogens is 526 g/mol. The lowest BCUT2D eigenvalue weighted by atomic mass is 9.93. The molecule has 40 heavy (non-hydrogen) atoms. The number of benzene rings is 1. The summed E-state index contributed by atoms with van der Waals surface area (Å²) >= 11 is 1.43. The molecule has 1 aliphatic rings. The fourth-order valence-electron chi connectivity index (χ4n) is 4.19. The molecule has 1 amide bonds. The predicted molar refractivity (Wildman–Crippen MR) is 158 cm³/mol. The van der Waals surface area contributed by atoms with Gasteiger partial charge in [0, 0.05) is 66.7 Å². The zero-order chi connectivity index (χ0) is 28.1. The van der Waals surface area contributed by atoms with Gasteiger partial charge >= 0.3 is 0 Å². The lowest BCUT2D eigenvalue weighted by Crippen LogP contribution is -2.39. The Bertz CT molecular complexity index is 1450. The van der Waals surface area contributed by atoms with Crippen molar-refractivity contribution in [2.24, 2.45) is 0 Å². The molecule has 0 atom stereocenters. The molecule has 0 spiro atoms. The molecule has 0 aliphatic carbocycles. The minimum Gasteiger partial charge on any atom is -0.379 e. The van der Waals surface area contributed by atoms with Crippen LogP contribution in [0, 0.1) is 6.92 Å². The fraction of sp³-hybridized carbons (Fsp3) is 0.393. The van der Waals surface area contributed by atoms with Crippen LogP contribution in [0.25, 0.3) is 5.82 Å². The van der Waals surface area contributed by atoms with Gasteiger partial charge in [-0.1, -0.05) is 26.8 Å². The zero-order valence-electron chi connectivity index (χ0n) is 23.3.